The van der Waals surface area contributed by atoms with E-state index in [2.05, 4.69) is 19.2 Å². The summed E-state index contributed by atoms with van der Waals surface area (Å²) in [5, 5.41) is 13.8. The van der Waals surface area contributed by atoms with Crippen LogP contribution in [0.4, 0.5) is 0 Å². The number of phosphoric ester groups is 1. The lowest BCUT2D eigenvalue weighted by Crippen LogP contribution is -2.46. The molecule has 1 amide bonds. The van der Waals surface area contributed by atoms with E-state index < -0.39 is 20.0 Å². The van der Waals surface area contributed by atoms with Gasteiger partial charge in [0.25, 0.3) is 0 Å². The smallest absolute Gasteiger partial charge is 0.391 e. The predicted molar refractivity (Wildman–Crippen MR) is 180 cm³/mol. The van der Waals surface area contributed by atoms with Crippen LogP contribution in [0, 0.1) is 0 Å². The van der Waals surface area contributed by atoms with E-state index in [4.69, 9.17) is 9.05 Å². The number of carbonyl (C=O) groups is 1. The Bertz CT molecular complexity index is 688. The topological polar surface area (TPSA) is 105 Å². The average Bonchev–Trinajstić information content (AvgIpc) is 2.94. The van der Waals surface area contributed by atoms with E-state index in [-0.39, 0.29) is 19.1 Å². The second-order valence-corrected chi connectivity index (χ2v) is 15.1. The SMILES string of the molecule is CCCCCCCCCCCCCCC(=O)NC(COP(=O)(O)OCC[N+](C)(C)C)C(O)CCCCCCCCCCC. The van der Waals surface area contributed by atoms with E-state index >= 15 is 0 Å². The molecule has 0 spiro atoms. The molecule has 258 valence electrons. The number of hydrogen-bond donors (Lipinski definition) is 3. The fourth-order valence-electron chi connectivity index (χ4n) is 5.16. The van der Waals surface area contributed by atoms with Crippen molar-refractivity contribution in [1.82, 2.24) is 5.32 Å². The molecule has 8 nitrogen and oxygen atoms in total. The van der Waals surface area contributed by atoms with Crippen LogP contribution in [0.1, 0.15) is 162 Å². The van der Waals surface area contributed by atoms with Gasteiger partial charge >= 0.3 is 7.82 Å². The molecule has 0 aliphatic carbocycles. The zero-order valence-corrected chi connectivity index (χ0v) is 29.9. The first-order valence-electron chi connectivity index (χ1n) is 17.9. The van der Waals surface area contributed by atoms with Gasteiger partial charge in [0.05, 0.1) is 39.9 Å². The Morgan fingerprint density at radius 3 is 1.56 bits per heavy atom. The van der Waals surface area contributed by atoms with Crippen molar-refractivity contribution in [3.63, 3.8) is 0 Å². The highest BCUT2D eigenvalue weighted by molar-refractivity contribution is 7.47. The summed E-state index contributed by atoms with van der Waals surface area (Å²) in [6, 6.07) is -0.749. The number of nitrogens with zero attached hydrogens (tertiary/aromatic N) is 1. The summed E-state index contributed by atoms with van der Waals surface area (Å²) in [7, 11) is 1.62. The van der Waals surface area contributed by atoms with Gasteiger partial charge < -0.3 is 19.8 Å². The van der Waals surface area contributed by atoms with Gasteiger partial charge in [-0.1, -0.05) is 142 Å². The molecule has 0 heterocycles. The minimum Gasteiger partial charge on any atom is -0.391 e. The Kier molecular flexibility index (Phi) is 27.5. The van der Waals surface area contributed by atoms with Gasteiger partial charge in [-0.2, -0.15) is 0 Å². The number of aliphatic hydroxyl groups is 1. The summed E-state index contributed by atoms with van der Waals surface area (Å²) in [6.07, 6.45) is 25.5. The quantitative estimate of drug-likeness (QED) is 0.0388. The summed E-state index contributed by atoms with van der Waals surface area (Å²) >= 11 is 0. The second kappa shape index (κ2) is 27.8. The normalized spacial score (nSPS) is 14.9. The van der Waals surface area contributed by atoms with Gasteiger partial charge in [0, 0.05) is 6.42 Å². The molecule has 0 saturated carbocycles. The number of likely N-dealkylation sites (N-methyl/N-ethyl adjacent to an activating group) is 1. The van der Waals surface area contributed by atoms with Crippen LogP contribution in [0.2, 0.25) is 0 Å². The molecule has 3 atom stereocenters. The zero-order valence-electron chi connectivity index (χ0n) is 29.0. The molecule has 0 saturated heterocycles. The number of carbonyl (C=O) groups excluding carboxylic acids is 1. The average molecular weight is 636 g/mol. The summed E-state index contributed by atoms with van der Waals surface area (Å²) in [5.74, 6) is -0.148. The van der Waals surface area contributed by atoms with Crippen LogP contribution >= 0.6 is 7.82 Å². The summed E-state index contributed by atoms with van der Waals surface area (Å²) < 4.78 is 23.4. The van der Waals surface area contributed by atoms with Gasteiger partial charge in [-0.25, -0.2) is 4.57 Å². The van der Waals surface area contributed by atoms with Gasteiger partial charge in [-0.3, -0.25) is 13.8 Å². The van der Waals surface area contributed by atoms with E-state index in [1.54, 1.807) is 0 Å². The fraction of sp³-hybridized carbons (Fsp3) is 0.971. The number of phosphoric acid groups is 1. The van der Waals surface area contributed by atoms with Crippen LogP contribution in [0.25, 0.3) is 0 Å². The molecular weight excluding hydrogens is 563 g/mol. The minimum absolute atomic E-state index is 0.0776. The number of amides is 1. The Hall–Kier alpha value is -0.500. The van der Waals surface area contributed by atoms with Crippen molar-refractivity contribution in [3.05, 3.63) is 0 Å². The van der Waals surface area contributed by atoms with Crippen LogP contribution in [-0.2, 0) is 18.4 Å². The molecule has 0 aromatic carbocycles. The maximum absolute atomic E-state index is 12.7. The van der Waals surface area contributed by atoms with Crippen molar-refractivity contribution in [3.8, 4) is 0 Å². The van der Waals surface area contributed by atoms with Crippen molar-refractivity contribution >= 4 is 13.7 Å². The first kappa shape index (κ1) is 42.5. The minimum atomic E-state index is -4.29. The Labute approximate surface area is 266 Å². The fourth-order valence-corrected chi connectivity index (χ4v) is 5.90. The molecule has 0 fully saturated rings. The van der Waals surface area contributed by atoms with Gasteiger partial charge in [-0.15, -0.1) is 0 Å². The predicted octanol–water partition coefficient (Wildman–Crippen LogP) is 8.68. The van der Waals surface area contributed by atoms with E-state index in [9.17, 15) is 19.4 Å². The van der Waals surface area contributed by atoms with Crippen molar-refractivity contribution in [2.45, 2.75) is 174 Å². The third-order valence-corrected chi connectivity index (χ3v) is 9.09. The molecule has 9 heteroatoms. The molecule has 0 rings (SSSR count). The number of quaternary nitrogens is 1. The molecule has 0 aliphatic heterocycles. The van der Waals surface area contributed by atoms with E-state index in [0.717, 1.165) is 38.5 Å². The highest BCUT2D eigenvalue weighted by atomic mass is 31.2. The van der Waals surface area contributed by atoms with Crippen LogP contribution in [0.15, 0.2) is 0 Å². The first-order chi connectivity index (χ1) is 20.5. The van der Waals surface area contributed by atoms with Crippen LogP contribution in [-0.4, -0.2) is 73.4 Å². The first-order valence-corrected chi connectivity index (χ1v) is 19.4. The van der Waals surface area contributed by atoms with Crippen LogP contribution in [0.3, 0.4) is 0 Å². The molecule has 0 aromatic heterocycles. The highest BCUT2D eigenvalue weighted by Crippen LogP contribution is 2.43. The van der Waals surface area contributed by atoms with Gasteiger partial charge in [0.15, 0.2) is 0 Å². The van der Waals surface area contributed by atoms with E-state index in [1.165, 1.54) is 96.3 Å². The van der Waals surface area contributed by atoms with Crippen molar-refractivity contribution in [1.29, 1.82) is 0 Å². The Balaban J connectivity index is 4.48. The van der Waals surface area contributed by atoms with E-state index in [0.29, 0.717) is 23.9 Å². The molecule has 0 aliphatic rings. The summed E-state index contributed by atoms with van der Waals surface area (Å²) in [5.41, 5.74) is 0. The molecule has 0 aromatic rings. The monoisotopic (exact) mass is 636 g/mol. The summed E-state index contributed by atoms with van der Waals surface area (Å²) in [6.45, 7) is 4.84. The maximum atomic E-state index is 12.7. The van der Waals surface area contributed by atoms with Gasteiger partial charge in [0.2, 0.25) is 5.91 Å². The Morgan fingerprint density at radius 2 is 1.12 bits per heavy atom. The third-order valence-electron chi connectivity index (χ3n) is 8.11. The van der Waals surface area contributed by atoms with Gasteiger partial charge in [-0.05, 0) is 12.8 Å². The molecule has 3 unspecified atom stereocenters. The standard InChI is InChI=1S/C34H71N2O6P/c1-6-8-10-12-14-16-17-18-20-22-24-26-28-34(38)35-32(31-42-43(39,40)41-30-29-36(3,4)5)33(37)27-25-23-21-19-15-13-11-9-7-2/h32-33,37H,6-31H2,1-5H3,(H-,35,38,39,40)/p+1. The molecule has 3 N–H and O–H groups in total. The van der Waals surface area contributed by atoms with Crippen molar-refractivity contribution < 1.29 is 32.9 Å². The van der Waals surface area contributed by atoms with Crippen molar-refractivity contribution in [2.75, 3.05) is 40.9 Å². The maximum Gasteiger partial charge on any atom is 0.472 e. The molecule has 0 radical (unpaired) electrons. The number of rotatable bonds is 32. The molecule has 43 heavy (non-hydrogen) atoms. The number of hydrogen-bond acceptors (Lipinski definition) is 5. The lowest BCUT2D eigenvalue weighted by molar-refractivity contribution is -0.870. The second-order valence-electron chi connectivity index (χ2n) is 13.6. The molecular formula is C34H72N2O6P+. The highest BCUT2D eigenvalue weighted by Gasteiger charge is 2.28. The van der Waals surface area contributed by atoms with Crippen molar-refractivity contribution in [2.24, 2.45) is 0 Å². The zero-order chi connectivity index (χ0) is 32.2. The van der Waals surface area contributed by atoms with Crippen LogP contribution < -0.4 is 5.32 Å². The van der Waals surface area contributed by atoms with Crippen LogP contribution in [0.5, 0.6) is 0 Å². The summed E-state index contributed by atoms with van der Waals surface area (Å²) in [4.78, 5) is 22.9. The van der Waals surface area contributed by atoms with E-state index in [1.807, 2.05) is 21.1 Å². The lowest BCUT2D eigenvalue weighted by atomic mass is 10.0. The lowest BCUT2D eigenvalue weighted by Gasteiger charge is -2.26. The third kappa shape index (κ3) is 29.9. The largest absolute Gasteiger partial charge is 0.472 e. The Morgan fingerprint density at radius 1 is 0.698 bits per heavy atom. The van der Waals surface area contributed by atoms with Gasteiger partial charge in [0.1, 0.15) is 13.2 Å². The number of aliphatic hydroxyl groups excluding tert-OH is 1. The molecule has 0 bridgehead atoms. The number of nitrogens with one attached hydrogen (secondary N) is 1. The number of unbranched alkanes of at least 4 members (excludes halogenated alkanes) is 19.